The maximum atomic E-state index is 6.21. The molecule has 2 N–H and O–H groups in total. The molecule has 2 nitrogen and oxygen atoms in total. The van der Waals surface area contributed by atoms with Crippen molar-refractivity contribution in [3.05, 3.63) is 34.9 Å². The second-order valence-corrected chi connectivity index (χ2v) is 6.89. The molecule has 112 valence electrons. The summed E-state index contributed by atoms with van der Waals surface area (Å²) in [5.74, 6) is 1.37. The molecule has 3 atom stereocenters. The number of likely N-dealkylation sites (N-methyl/N-ethyl adjacent to an activating group) is 1. The van der Waals surface area contributed by atoms with Gasteiger partial charge in [-0.3, -0.25) is 4.90 Å². The minimum atomic E-state index is 0.125. The lowest BCUT2D eigenvalue weighted by Crippen LogP contribution is -2.59. The molecule has 1 aliphatic rings. The quantitative estimate of drug-likeness (QED) is 0.912. The van der Waals surface area contributed by atoms with Crippen molar-refractivity contribution in [3.63, 3.8) is 0 Å². The second kappa shape index (κ2) is 6.46. The summed E-state index contributed by atoms with van der Waals surface area (Å²) >= 11 is 6.09. The van der Waals surface area contributed by atoms with Gasteiger partial charge in [0.15, 0.2) is 0 Å². The van der Waals surface area contributed by atoms with Crippen molar-refractivity contribution in [2.24, 2.45) is 17.6 Å². The number of nitrogens with two attached hydrogens (primary N) is 1. The van der Waals surface area contributed by atoms with Gasteiger partial charge in [-0.2, -0.15) is 0 Å². The summed E-state index contributed by atoms with van der Waals surface area (Å²) in [6.07, 6.45) is 3.81. The van der Waals surface area contributed by atoms with E-state index in [4.69, 9.17) is 17.3 Å². The van der Waals surface area contributed by atoms with Crippen LogP contribution in [0.15, 0.2) is 24.3 Å². The Morgan fingerprint density at radius 2 is 2.15 bits per heavy atom. The first-order valence-electron chi connectivity index (χ1n) is 7.65. The number of hydrogen-bond donors (Lipinski definition) is 1. The summed E-state index contributed by atoms with van der Waals surface area (Å²) in [7, 11) is 2.21. The van der Waals surface area contributed by atoms with Gasteiger partial charge in [0.25, 0.3) is 0 Å². The van der Waals surface area contributed by atoms with Crippen molar-refractivity contribution in [1.29, 1.82) is 0 Å². The first kappa shape index (κ1) is 15.8. The van der Waals surface area contributed by atoms with Crippen LogP contribution in [0.2, 0.25) is 5.02 Å². The van der Waals surface area contributed by atoms with Crippen LogP contribution >= 0.6 is 11.6 Å². The lowest BCUT2D eigenvalue weighted by atomic mass is 9.67. The van der Waals surface area contributed by atoms with Crippen LogP contribution in [0.5, 0.6) is 0 Å². The van der Waals surface area contributed by atoms with Crippen molar-refractivity contribution < 1.29 is 0 Å². The molecule has 0 radical (unpaired) electrons. The fraction of sp³-hybridized carbons (Fsp3) is 0.647. The molecule has 0 saturated heterocycles. The lowest BCUT2D eigenvalue weighted by molar-refractivity contribution is 0.00137. The first-order chi connectivity index (χ1) is 9.49. The lowest BCUT2D eigenvalue weighted by Gasteiger charge is -2.51. The zero-order valence-corrected chi connectivity index (χ0v) is 13.7. The Morgan fingerprint density at radius 1 is 1.40 bits per heavy atom. The Morgan fingerprint density at radius 3 is 2.80 bits per heavy atom. The van der Waals surface area contributed by atoms with Crippen LogP contribution in [0.3, 0.4) is 0 Å². The van der Waals surface area contributed by atoms with Gasteiger partial charge in [0, 0.05) is 23.7 Å². The van der Waals surface area contributed by atoms with E-state index >= 15 is 0 Å². The molecule has 1 saturated carbocycles. The summed E-state index contributed by atoms with van der Waals surface area (Å²) in [5, 5.41) is 0.808. The molecule has 0 aliphatic heterocycles. The molecular weight excluding hydrogens is 268 g/mol. The third-order valence-electron chi connectivity index (χ3n) is 5.39. The summed E-state index contributed by atoms with van der Waals surface area (Å²) in [4.78, 5) is 2.46. The minimum absolute atomic E-state index is 0.125. The molecule has 2 rings (SSSR count). The molecule has 20 heavy (non-hydrogen) atoms. The summed E-state index contributed by atoms with van der Waals surface area (Å²) in [5.41, 5.74) is 7.59. The Balaban J connectivity index is 2.18. The van der Waals surface area contributed by atoms with Gasteiger partial charge >= 0.3 is 0 Å². The topological polar surface area (TPSA) is 29.3 Å². The third kappa shape index (κ3) is 3.03. The van der Waals surface area contributed by atoms with E-state index in [1.807, 2.05) is 12.1 Å². The van der Waals surface area contributed by atoms with Gasteiger partial charge in [0.1, 0.15) is 0 Å². The van der Waals surface area contributed by atoms with Crippen molar-refractivity contribution in [3.8, 4) is 0 Å². The van der Waals surface area contributed by atoms with E-state index in [1.165, 1.54) is 24.8 Å². The van der Waals surface area contributed by atoms with E-state index in [1.54, 1.807) is 0 Å². The average Bonchev–Trinajstić information content (AvgIpc) is 2.42. The molecule has 0 aromatic heterocycles. The first-order valence-corrected chi connectivity index (χ1v) is 8.03. The zero-order valence-electron chi connectivity index (χ0n) is 12.9. The monoisotopic (exact) mass is 294 g/mol. The van der Waals surface area contributed by atoms with E-state index in [2.05, 4.69) is 37.9 Å². The van der Waals surface area contributed by atoms with E-state index in [-0.39, 0.29) is 5.54 Å². The Kier molecular flexibility index (Phi) is 5.11. The third-order valence-corrected chi connectivity index (χ3v) is 5.63. The second-order valence-electron chi connectivity index (χ2n) is 6.45. The minimum Gasteiger partial charge on any atom is -0.329 e. The van der Waals surface area contributed by atoms with E-state index in [9.17, 15) is 0 Å². The number of hydrogen-bond acceptors (Lipinski definition) is 2. The zero-order chi connectivity index (χ0) is 14.8. The predicted molar refractivity (Wildman–Crippen MR) is 86.9 cm³/mol. The van der Waals surface area contributed by atoms with Crippen molar-refractivity contribution in [2.75, 3.05) is 13.6 Å². The van der Waals surface area contributed by atoms with E-state index in [0.29, 0.717) is 5.92 Å². The molecule has 0 amide bonds. The van der Waals surface area contributed by atoms with Gasteiger partial charge < -0.3 is 5.73 Å². The summed E-state index contributed by atoms with van der Waals surface area (Å²) in [6, 6.07) is 8.14. The van der Waals surface area contributed by atoms with Crippen LogP contribution < -0.4 is 5.73 Å². The molecule has 0 heterocycles. The molecule has 1 aromatic carbocycles. The smallest absolute Gasteiger partial charge is 0.0409 e. The normalized spacial score (nSPS) is 30.7. The number of nitrogens with zero attached hydrogens (tertiary/aromatic N) is 1. The van der Waals surface area contributed by atoms with Crippen LogP contribution in [-0.2, 0) is 6.54 Å². The summed E-state index contributed by atoms with van der Waals surface area (Å²) < 4.78 is 0. The largest absolute Gasteiger partial charge is 0.329 e. The molecule has 3 unspecified atom stereocenters. The fourth-order valence-electron chi connectivity index (χ4n) is 3.79. The highest BCUT2D eigenvalue weighted by Crippen LogP contribution is 2.41. The predicted octanol–water partition coefficient (Wildman–Crippen LogP) is 3.93. The number of halogens is 1. The van der Waals surface area contributed by atoms with E-state index in [0.717, 1.165) is 24.0 Å². The molecule has 3 heteroatoms. The van der Waals surface area contributed by atoms with Gasteiger partial charge in [-0.05, 0) is 43.0 Å². The SMILES string of the molecule is CC1CCCC(CN)(N(C)Cc2cccc(Cl)c2)C1C. The summed E-state index contributed by atoms with van der Waals surface area (Å²) in [6.45, 7) is 6.37. The maximum Gasteiger partial charge on any atom is 0.0409 e. The Bertz CT molecular complexity index is 448. The standard InChI is InChI=1S/C17H27ClN2/c1-13-6-5-9-17(12-19,14(13)2)20(3)11-15-7-4-8-16(18)10-15/h4,7-8,10,13-14H,5-6,9,11-12,19H2,1-3H3. The van der Waals surface area contributed by atoms with Crippen LogP contribution in [0.25, 0.3) is 0 Å². The molecule has 1 fully saturated rings. The molecular formula is C17H27ClN2. The van der Waals surface area contributed by atoms with Gasteiger partial charge in [-0.25, -0.2) is 0 Å². The molecule has 0 spiro atoms. The fourth-order valence-corrected chi connectivity index (χ4v) is 4.00. The van der Waals surface area contributed by atoms with Crippen LogP contribution in [0.1, 0.15) is 38.7 Å². The number of benzene rings is 1. The average molecular weight is 295 g/mol. The van der Waals surface area contributed by atoms with E-state index < -0.39 is 0 Å². The molecule has 1 aliphatic carbocycles. The van der Waals surface area contributed by atoms with Gasteiger partial charge in [0.2, 0.25) is 0 Å². The number of rotatable bonds is 4. The van der Waals surface area contributed by atoms with Crippen molar-refractivity contribution >= 4 is 11.6 Å². The molecule has 0 bridgehead atoms. The van der Waals surface area contributed by atoms with Gasteiger partial charge in [-0.1, -0.05) is 50.4 Å². The highest BCUT2D eigenvalue weighted by Gasteiger charge is 2.43. The maximum absolute atomic E-state index is 6.21. The molecule has 1 aromatic rings. The van der Waals surface area contributed by atoms with Gasteiger partial charge in [0.05, 0.1) is 0 Å². The Hall–Kier alpha value is -0.570. The van der Waals surface area contributed by atoms with Crippen molar-refractivity contribution in [2.45, 2.75) is 45.2 Å². The highest BCUT2D eigenvalue weighted by molar-refractivity contribution is 6.30. The van der Waals surface area contributed by atoms with Gasteiger partial charge in [-0.15, -0.1) is 0 Å². The Labute approximate surface area is 128 Å². The van der Waals surface area contributed by atoms with Crippen LogP contribution in [0.4, 0.5) is 0 Å². The highest BCUT2D eigenvalue weighted by atomic mass is 35.5. The van der Waals surface area contributed by atoms with Crippen LogP contribution in [-0.4, -0.2) is 24.0 Å². The van der Waals surface area contributed by atoms with Crippen LogP contribution in [0, 0.1) is 11.8 Å². The van der Waals surface area contributed by atoms with Crippen molar-refractivity contribution in [1.82, 2.24) is 4.90 Å².